The van der Waals surface area contributed by atoms with Crippen molar-refractivity contribution >= 4 is 0 Å². The van der Waals surface area contributed by atoms with Crippen LogP contribution in [-0.2, 0) is 12.7 Å². The maximum atomic E-state index is 12.7. The number of hydrogen-bond acceptors (Lipinski definition) is 1. The zero-order valence-corrected chi connectivity index (χ0v) is 9.70. The normalized spacial score (nSPS) is 18.3. The predicted octanol–water partition coefficient (Wildman–Crippen LogP) is 3.69. The van der Waals surface area contributed by atoms with Crippen molar-refractivity contribution in [3.8, 4) is 11.4 Å². The van der Waals surface area contributed by atoms with Gasteiger partial charge in [-0.2, -0.15) is 13.2 Å². The summed E-state index contributed by atoms with van der Waals surface area (Å²) in [5.41, 5.74) is 1.04. The molecule has 94 valence electrons. The second-order valence-corrected chi connectivity index (χ2v) is 4.59. The van der Waals surface area contributed by atoms with Gasteiger partial charge in [0.2, 0.25) is 0 Å². The fourth-order valence-corrected chi connectivity index (χ4v) is 2.43. The number of imidazole rings is 1. The molecular formula is C13H11F3N2. The van der Waals surface area contributed by atoms with Gasteiger partial charge in [-0.25, -0.2) is 4.98 Å². The highest BCUT2D eigenvalue weighted by molar-refractivity contribution is 5.64. The number of fused-ring (bicyclic) bond motifs is 3. The van der Waals surface area contributed by atoms with Gasteiger partial charge >= 0.3 is 6.18 Å². The Labute approximate surface area is 102 Å². The first kappa shape index (κ1) is 11.3. The molecule has 18 heavy (non-hydrogen) atoms. The Kier molecular flexibility index (Phi) is 2.27. The molecule has 2 heterocycles. The molecule has 0 fully saturated rings. The number of hydrogen-bond donors (Lipinski definition) is 0. The minimum Gasteiger partial charge on any atom is -0.330 e. The molecule has 1 aliphatic heterocycles. The van der Waals surface area contributed by atoms with E-state index in [9.17, 15) is 13.2 Å². The van der Waals surface area contributed by atoms with E-state index in [4.69, 9.17) is 0 Å². The third kappa shape index (κ3) is 1.62. The van der Waals surface area contributed by atoms with E-state index in [1.807, 2.05) is 31.2 Å². The van der Waals surface area contributed by atoms with Crippen LogP contribution in [-0.4, -0.2) is 9.55 Å². The number of nitrogens with zero attached hydrogens (tertiary/aromatic N) is 2. The van der Waals surface area contributed by atoms with E-state index in [2.05, 4.69) is 4.98 Å². The summed E-state index contributed by atoms with van der Waals surface area (Å²) >= 11 is 0. The van der Waals surface area contributed by atoms with Gasteiger partial charge in [0.25, 0.3) is 0 Å². The molecule has 0 amide bonds. The van der Waals surface area contributed by atoms with Crippen molar-refractivity contribution < 1.29 is 13.2 Å². The van der Waals surface area contributed by atoms with Crippen LogP contribution < -0.4 is 0 Å². The van der Waals surface area contributed by atoms with E-state index >= 15 is 0 Å². The molecule has 1 aromatic heterocycles. The number of benzene rings is 1. The Morgan fingerprint density at radius 1 is 1.28 bits per heavy atom. The predicted molar refractivity (Wildman–Crippen MR) is 61.1 cm³/mol. The van der Waals surface area contributed by atoms with Gasteiger partial charge in [0, 0.05) is 18.3 Å². The summed E-state index contributed by atoms with van der Waals surface area (Å²) in [5, 5.41) is 0. The maximum absolute atomic E-state index is 12.7. The molecule has 3 rings (SSSR count). The highest BCUT2D eigenvalue weighted by Crippen LogP contribution is 2.38. The SMILES string of the molecule is CC1Cn2cc(C(F)(F)F)nc2-c2ccccc21. The molecule has 1 atom stereocenters. The first-order chi connectivity index (χ1) is 8.47. The minimum atomic E-state index is -4.39. The second-order valence-electron chi connectivity index (χ2n) is 4.59. The number of rotatable bonds is 0. The molecule has 5 heteroatoms. The molecule has 0 saturated heterocycles. The highest BCUT2D eigenvalue weighted by atomic mass is 19.4. The Bertz CT molecular complexity index is 599. The first-order valence-corrected chi connectivity index (χ1v) is 5.70. The van der Waals surface area contributed by atoms with E-state index in [1.54, 1.807) is 4.57 Å². The van der Waals surface area contributed by atoms with Crippen LogP contribution in [0.15, 0.2) is 30.5 Å². The topological polar surface area (TPSA) is 17.8 Å². The zero-order chi connectivity index (χ0) is 12.9. The fraction of sp³-hybridized carbons (Fsp3) is 0.308. The Morgan fingerprint density at radius 3 is 2.72 bits per heavy atom. The largest absolute Gasteiger partial charge is 0.434 e. The molecule has 0 spiro atoms. The first-order valence-electron chi connectivity index (χ1n) is 5.70. The molecule has 0 saturated carbocycles. The van der Waals surface area contributed by atoms with Crippen LogP contribution >= 0.6 is 0 Å². The molecule has 0 radical (unpaired) electrons. The van der Waals surface area contributed by atoms with Gasteiger partial charge in [0.15, 0.2) is 5.69 Å². The quantitative estimate of drug-likeness (QED) is 0.699. The molecule has 1 unspecified atom stereocenters. The smallest absolute Gasteiger partial charge is 0.330 e. The van der Waals surface area contributed by atoms with Gasteiger partial charge in [-0.05, 0) is 11.5 Å². The van der Waals surface area contributed by atoms with E-state index in [-0.39, 0.29) is 5.92 Å². The van der Waals surface area contributed by atoms with Crippen LogP contribution in [0.1, 0.15) is 24.1 Å². The summed E-state index contributed by atoms with van der Waals surface area (Å²) < 4.78 is 39.6. The van der Waals surface area contributed by atoms with E-state index < -0.39 is 11.9 Å². The average Bonchev–Trinajstić information content (AvgIpc) is 2.73. The van der Waals surface area contributed by atoms with Crippen molar-refractivity contribution in [2.24, 2.45) is 0 Å². The number of alkyl halides is 3. The molecular weight excluding hydrogens is 241 g/mol. The Hall–Kier alpha value is -1.78. The van der Waals surface area contributed by atoms with Crippen LogP contribution in [0.25, 0.3) is 11.4 Å². The molecule has 0 N–H and O–H groups in total. The van der Waals surface area contributed by atoms with Gasteiger partial charge in [-0.15, -0.1) is 0 Å². The minimum absolute atomic E-state index is 0.198. The summed E-state index contributed by atoms with van der Waals surface area (Å²) in [6.45, 7) is 2.55. The summed E-state index contributed by atoms with van der Waals surface area (Å²) in [6, 6.07) is 7.50. The molecule has 1 aromatic carbocycles. The van der Waals surface area contributed by atoms with Gasteiger partial charge in [0.1, 0.15) is 5.82 Å². The van der Waals surface area contributed by atoms with Gasteiger partial charge < -0.3 is 4.57 Å². The van der Waals surface area contributed by atoms with Crippen LogP contribution in [0.4, 0.5) is 13.2 Å². The van der Waals surface area contributed by atoms with Crippen molar-refractivity contribution in [2.45, 2.75) is 25.6 Å². The lowest BCUT2D eigenvalue weighted by atomic mass is 9.92. The lowest BCUT2D eigenvalue weighted by Crippen LogP contribution is -2.14. The molecule has 2 aromatic rings. The molecule has 2 nitrogen and oxygen atoms in total. The summed E-state index contributed by atoms with van der Waals surface area (Å²) in [6.07, 6.45) is -3.29. The van der Waals surface area contributed by atoms with Crippen LogP contribution in [0.3, 0.4) is 0 Å². The van der Waals surface area contributed by atoms with E-state index in [1.165, 1.54) is 0 Å². The Morgan fingerprint density at radius 2 is 2.00 bits per heavy atom. The third-order valence-electron chi connectivity index (χ3n) is 3.27. The number of aromatic nitrogens is 2. The molecule has 0 bridgehead atoms. The van der Waals surface area contributed by atoms with Crippen molar-refractivity contribution in [1.29, 1.82) is 0 Å². The Balaban J connectivity index is 2.19. The average molecular weight is 252 g/mol. The maximum Gasteiger partial charge on any atom is 0.434 e. The molecule has 1 aliphatic rings. The monoisotopic (exact) mass is 252 g/mol. The lowest BCUT2D eigenvalue weighted by molar-refractivity contribution is -0.140. The van der Waals surface area contributed by atoms with Crippen LogP contribution in [0.2, 0.25) is 0 Å². The van der Waals surface area contributed by atoms with Crippen LogP contribution in [0.5, 0.6) is 0 Å². The van der Waals surface area contributed by atoms with Gasteiger partial charge in [-0.1, -0.05) is 31.2 Å². The molecule has 0 aliphatic carbocycles. The number of halogens is 3. The van der Waals surface area contributed by atoms with Gasteiger partial charge in [0.05, 0.1) is 0 Å². The standard InChI is InChI=1S/C13H11F3N2/c1-8-6-18-7-11(13(14,15)16)17-12(18)10-5-3-2-4-9(8)10/h2-5,7-8H,6H2,1H3. The fourth-order valence-electron chi connectivity index (χ4n) is 2.43. The third-order valence-corrected chi connectivity index (χ3v) is 3.27. The van der Waals surface area contributed by atoms with Crippen molar-refractivity contribution in [3.63, 3.8) is 0 Å². The van der Waals surface area contributed by atoms with Crippen molar-refractivity contribution in [1.82, 2.24) is 9.55 Å². The van der Waals surface area contributed by atoms with E-state index in [0.717, 1.165) is 17.3 Å². The highest BCUT2D eigenvalue weighted by Gasteiger charge is 2.36. The summed E-state index contributed by atoms with van der Waals surface area (Å²) in [7, 11) is 0. The summed E-state index contributed by atoms with van der Waals surface area (Å²) in [5.74, 6) is 0.611. The lowest BCUT2D eigenvalue weighted by Gasteiger charge is -2.23. The second kappa shape index (κ2) is 3.60. The van der Waals surface area contributed by atoms with Crippen LogP contribution in [0, 0.1) is 0 Å². The van der Waals surface area contributed by atoms with Gasteiger partial charge in [-0.3, -0.25) is 0 Å². The van der Waals surface area contributed by atoms with E-state index in [0.29, 0.717) is 12.4 Å². The van der Waals surface area contributed by atoms with Crippen molar-refractivity contribution in [2.75, 3.05) is 0 Å². The van der Waals surface area contributed by atoms with Crippen molar-refractivity contribution in [3.05, 3.63) is 41.7 Å². The summed E-state index contributed by atoms with van der Waals surface area (Å²) in [4.78, 5) is 3.74. The zero-order valence-electron chi connectivity index (χ0n) is 9.70.